The summed E-state index contributed by atoms with van der Waals surface area (Å²) < 4.78 is 12.8. The molecule has 0 atom stereocenters. The number of rotatable bonds is 8. The van der Waals surface area contributed by atoms with Crippen LogP contribution in [0.5, 0.6) is 11.5 Å². The zero-order valence-corrected chi connectivity index (χ0v) is 19.4. The highest BCUT2D eigenvalue weighted by Crippen LogP contribution is 2.31. The van der Waals surface area contributed by atoms with Gasteiger partial charge in [-0.3, -0.25) is 20.4 Å². The fraction of sp³-hybridized carbons (Fsp3) is 0.125. The number of aromatic nitrogens is 1. The van der Waals surface area contributed by atoms with Gasteiger partial charge >= 0.3 is 0 Å². The Hall–Kier alpha value is -3.56. The third-order valence-corrected chi connectivity index (χ3v) is 6.85. The van der Waals surface area contributed by atoms with Gasteiger partial charge in [-0.2, -0.15) is 0 Å². The molecule has 0 fully saturated rings. The number of hydrogen-bond acceptors (Lipinski definition) is 7. The second kappa shape index (κ2) is 10.8. The number of ether oxygens (including phenoxy) is 2. The molecule has 0 aliphatic rings. The van der Waals surface area contributed by atoms with Gasteiger partial charge in [-0.1, -0.05) is 48.2 Å². The summed E-state index contributed by atoms with van der Waals surface area (Å²) in [6, 6.07) is 22.3. The number of carbonyl (C=O) groups is 2. The SMILES string of the molecule is COc1ccccc1OCC(=O)NNC(=O)c1ccc(CSc2nc3ccccc3s2)cc1. The first-order chi connectivity index (χ1) is 16.1. The maximum atomic E-state index is 12.3. The largest absolute Gasteiger partial charge is 0.493 e. The number of hydrazine groups is 1. The van der Waals surface area contributed by atoms with Crippen LogP contribution >= 0.6 is 23.1 Å². The molecule has 0 aliphatic carbocycles. The van der Waals surface area contributed by atoms with Gasteiger partial charge in [-0.15, -0.1) is 11.3 Å². The van der Waals surface area contributed by atoms with Crippen LogP contribution in [0.15, 0.2) is 77.1 Å². The quantitative estimate of drug-likeness (QED) is 0.287. The van der Waals surface area contributed by atoms with Crippen molar-refractivity contribution in [2.45, 2.75) is 10.1 Å². The Kier molecular flexibility index (Phi) is 7.43. The predicted octanol–water partition coefficient (Wildman–Crippen LogP) is 4.44. The minimum atomic E-state index is -0.488. The lowest BCUT2D eigenvalue weighted by molar-refractivity contribution is -0.123. The molecular weight excluding hydrogens is 458 g/mol. The van der Waals surface area contributed by atoms with E-state index >= 15 is 0 Å². The molecule has 0 unspecified atom stereocenters. The number of fused-ring (bicyclic) bond motifs is 1. The predicted molar refractivity (Wildman–Crippen MR) is 130 cm³/mol. The summed E-state index contributed by atoms with van der Waals surface area (Å²) in [4.78, 5) is 28.9. The van der Waals surface area contributed by atoms with Gasteiger partial charge in [0.15, 0.2) is 22.4 Å². The van der Waals surface area contributed by atoms with Gasteiger partial charge < -0.3 is 9.47 Å². The van der Waals surface area contributed by atoms with Gasteiger partial charge in [0, 0.05) is 11.3 Å². The molecular formula is C24H21N3O4S2. The van der Waals surface area contributed by atoms with Gasteiger partial charge in [-0.25, -0.2) is 4.98 Å². The number of nitrogens with one attached hydrogen (secondary N) is 2. The molecule has 4 rings (SSSR count). The highest BCUT2D eigenvalue weighted by atomic mass is 32.2. The van der Waals surface area contributed by atoms with Crippen LogP contribution in [-0.4, -0.2) is 30.5 Å². The smallest absolute Gasteiger partial charge is 0.276 e. The van der Waals surface area contributed by atoms with E-state index in [9.17, 15) is 9.59 Å². The second-order valence-corrected chi connectivity index (χ2v) is 9.13. The first-order valence-corrected chi connectivity index (χ1v) is 11.8. The number of amides is 2. The Balaban J connectivity index is 1.23. The number of thiazole rings is 1. The first kappa shape index (κ1) is 22.6. The Labute approximate surface area is 199 Å². The van der Waals surface area contributed by atoms with E-state index in [2.05, 4.69) is 21.9 Å². The third-order valence-electron chi connectivity index (χ3n) is 4.60. The molecule has 3 aromatic carbocycles. The van der Waals surface area contributed by atoms with Crippen LogP contribution in [0, 0.1) is 0 Å². The van der Waals surface area contributed by atoms with Crippen LogP contribution < -0.4 is 20.3 Å². The van der Waals surface area contributed by atoms with Gasteiger partial charge in [0.05, 0.1) is 17.3 Å². The van der Waals surface area contributed by atoms with Crippen molar-refractivity contribution in [3.05, 3.63) is 83.9 Å². The van der Waals surface area contributed by atoms with E-state index in [1.54, 1.807) is 59.5 Å². The third kappa shape index (κ3) is 6.03. The molecule has 0 bridgehead atoms. The monoisotopic (exact) mass is 479 g/mol. The molecule has 7 nitrogen and oxygen atoms in total. The van der Waals surface area contributed by atoms with E-state index in [1.165, 1.54) is 11.8 Å². The van der Waals surface area contributed by atoms with Crippen molar-refractivity contribution < 1.29 is 19.1 Å². The Morgan fingerprint density at radius 3 is 2.42 bits per heavy atom. The molecule has 1 aromatic heterocycles. The van der Waals surface area contributed by atoms with Crippen LogP contribution in [0.1, 0.15) is 15.9 Å². The van der Waals surface area contributed by atoms with Gasteiger partial charge in [0.25, 0.3) is 11.8 Å². The normalized spacial score (nSPS) is 10.6. The highest BCUT2D eigenvalue weighted by Gasteiger charge is 2.10. The van der Waals surface area contributed by atoms with Crippen molar-refractivity contribution in [3.8, 4) is 11.5 Å². The van der Waals surface area contributed by atoms with Crippen molar-refractivity contribution >= 4 is 45.1 Å². The fourth-order valence-corrected chi connectivity index (χ4v) is 4.95. The Morgan fingerprint density at radius 2 is 1.67 bits per heavy atom. The van der Waals surface area contributed by atoms with Gasteiger partial charge in [0.2, 0.25) is 0 Å². The van der Waals surface area contributed by atoms with E-state index in [0.717, 1.165) is 21.2 Å². The zero-order chi connectivity index (χ0) is 23.0. The molecule has 0 saturated carbocycles. The van der Waals surface area contributed by atoms with E-state index < -0.39 is 11.8 Å². The van der Waals surface area contributed by atoms with Crippen LogP contribution in [0.2, 0.25) is 0 Å². The molecule has 0 aliphatic heterocycles. The molecule has 1 heterocycles. The number of methoxy groups -OCH3 is 1. The van der Waals surface area contributed by atoms with Gasteiger partial charge in [0.1, 0.15) is 0 Å². The fourth-order valence-electron chi connectivity index (χ4n) is 2.93. The minimum absolute atomic E-state index is 0.261. The first-order valence-electron chi connectivity index (χ1n) is 10.0. The molecule has 4 aromatic rings. The standard InChI is InChI=1S/C24H21N3O4S2/c1-30-19-7-3-4-8-20(19)31-14-22(28)26-27-23(29)17-12-10-16(11-13-17)15-32-24-25-18-6-2-5-9-21(18)33-24/h2-13H,14-15H2,1H3,(H,26,28)(H,27,29). The summed E-state index contributed by atoms with van der Waals surface area (Å²) in [5.74, 6) is 0.819. The molecule has 0 radical (unpaired) electrons. The maximum Gasteiger partial charge on any atom is 0.276 e. The Morgan fingerprint density at radius 1 is 0.939 bits per heavy atom. The molecule has 9 heteroatoms. The molecule has 2 amide bonds. The second-order valence-electron chi connectivity index (χ2n) is 6.87. The number of hydrogen-bond donors (Lipinski definition) is 2. The summed E-state index contributed by atoms with van der Waals surface area (Å²) >= 11 is 3.33. The number of carbonyl (C=O) groups excluding carboxylic acids is 2. The summed E-state index contributed by atoms with van der Waals surface area (Å²) in [6.45, 7) is -0.261. The van der Waals surface area contributed by atoms with Crippen LogP contribution in [0.25, 0.3) is 10.2 Å². The molecule has 0 saturated heterocycles. The van der Waals surface area contributed by atoms with Crippen molar-refractivity contribution in [1.29, 1.82) is 0 Å². The number of para-hydroxylation sites is 3. The highest BCUT2D eigenvalue weighted by molar-refractivity contribution is 8.00. The summed E-state index contributed by atoms with van der Waals surface area (Å²) in [5, 5.41) is 0. The average molecular weight is 480 g/mol. The summed E-state index contributed by atoms with van der Waals surface area (Å²) in [5.41, 5.74) is 7.26. The maximum absolute atomic E-state index is 12.3. The lowest BCUT2D eigenvalue weighted by Gasteiger charge is -2.11. The topological polar surface area (TPSA) is 89.5 Å². The summed E-state index contributed by atoms with van der Waals surface area (Å²) in [7, 11) is 1.52. The number of benzene rings is 3. The van der Waals surface area contributed by atoms with Crippen molar-refractivity contribution in [2.75, 3.05) is 13.7 Å². The van der Waals surface area contributed by atoms with Crippen molar-refractivity contribution in [2.24, 2.45) is 0 Å². The summed E-state index contributed by atoms with van der Waals surface area (Å²) in [6.07, 6.45) is 0. The number of thioether (sulfide) groups is 1. The van der Waals surface area contributed by atoms with Crippen LogP contribution in [0.3, 0.4) is 0 Å². The number of nitrogens with zero attached hydrogens (tertiary/aromatic N) is 1. The molecule has 33 heavy (non-hydrogen) atoms. The molecule has 2 N–H and O–H groups in total. The Bertz CT molecular complexity index is 1230. The van der Waals surface area contributed by atoms with Gasteiger partial charge in [-0.05, 0) is 42.0 Å². The van der Waals surface area contributed by atoms with E-state index in [1.807, 2.05) is 30.3 Å². The lowest BCUT2D eigenvalue weighted by atomic mass is 10.1. The van der Waals surface area contributed by atoms with Crippen LogP contribution in [-0.2, 0) is 10.5 Å². The molecule has 168 valence electrons. The average Bonchev–Trinajstić information content (AvgIpc) is 3.28. The van der Waals surface area contributed by atoms with Crippen molar-refractivity contribution in [1.82, 2.24) is 15.8 Å². The van der Waals surface area contributed by atoms with Crippen molar-refractivity contribution in [3.63, 3.8) is 0 Å². The molecule has 0 spiro atoms. The minimum Gasteiger partial charge on any atom is -0.493 e. The van der Waals surface area contributed by atoms with E-state index in [-0.39, 0.29) is 6.61 Å². The van der Waals surface area contributed by atoms with Crippen LogP contribution in [0.4, 0.5) is 0 Å². The zero-order valence-electron chi connectivity index (χ0n) is 17.7. The lowest BCUT2D eigenvalue weighted by Crippen LogP contribution is -2.43. The van der Waals surface area contributed by atoms with E-state index in [4.69, 9.17) is 9.47 Å². The van der Waals surface area contributed by atoms with E-state index in [0.29, 0.717) is 17.1 Å².